The molecule has 5 rings (SSSR count). The number of ether oxygens (including phenoxy) is 1. The van der Waals surface area contributed by atoms with Crippen LogP contribution in [0, 0.1) is 0 Å². The van der Waals surface area contributed by atoms with Gasteiger partial charge in [0.05, 0.1) is 17.3 Å². The van der Waals surface area contributed by atoms with Gasteiger partial charge in [-0.25, -0.2) is 4.79 Å². The molecule has 9 nitrogen and oxygen atoms in total. The number of para-hydroxylation sites is 1. The first-order valence-electron chi connectivity index (χ1n) is 17.7. The van der Waals surface area contributed by atoms with Gasteiger partial charge in [0.1, 0.15) is 11.4 Å². The molecule has 5 aromatic rings. The van der Waals surface area contributed by atoms with Gasteiger partial charge in [0.25, 0.3) is 0 Å². The monoisotopic (exact) mass is 690 g/mol. The summed E-state index contributed by atoms with van der Waals surface area (Å²) in [5, 5.41) is 27.7. The Balaban J connectivity index is 0.961. The molecule has 1 unspecified atom stereocenters. The number of aromatic nitrogens is 1. The predicted octanol–water partition coefficient (Wildman–Crippen LogP) is 7.44. The summed E-state index contributed by atoms with van der Waals surface area (Å²) in [5.74, 6) is -0.0190. The molecule has 1 heterocycles. The van der Waals surface area contributed by atoms with Crippen molar-refractivity contribution in [2.24, 2.45) is 0 Å². The second-order valence-electron chi connectivity index (χ2n) is 13.8. The number of aliphatic hydroxyl groups excluding tert-OH is 1. The third kappa shape index (κ3) is 11.0. The number of amides is 1. The van der Waals surface area contributed by atoms with E-state index in [1.807, 2.05) is 68.4 Å². The Bertz CT molecular complexity index is 1920. The predicted molar refractivity (Wildman–Crippen MR) is 205 cm³/mol. The van der Waals surface area contributed by atoms with E-state index in [4.69, 9.17) is 4.74 Å². The van der Waals surface area contributed by atoms with Crippen LogP contribution in [0.25, 0.3) is 22.0 Å². The molecule has 9 heteroatoms. The average Bonchev–Trinajstić information content (AvgIpc) is 3.12. The number of nitrogens with one attached hydrogen (secondary N) is 3. The molecule has 0 radical (unpaired) electrons. The number of hydrogen-bond donors (Lipinski definition) is 5. The Hall–Kier alpha value is -4.96. The van der Waals surface area contributed by atoms with E-state index in [1.54, 1.807) is 12.1 Å². The van der Waals surface area contributed by atoms with Crippen molar-refractivity contribution in [3.63, 3.8) is 0 Å². The highest BCUT2D eigenvalue weighted by molar-refractivity contribution is 5.91. The Morgan fingerprint density at radius 2 is 1.57 bits per heavy atom. The molecule has 0 spiro atoms. The summed E-state index contributed by atoms with van der Waals surface area (Å²) in [6, 6.07) is 32.7. The standard InChI is InChI=1S/C42H50N4O5/c1-42(2,51-41(50)44-36-15-8-7-14-33(36)32-12-5-4-6-13-32)25-28-46(3)27-10-9-11-30-16-18-31(19-17-30)24-26-43-29-38(48)34-20-22-37(47)40-35(34)21-23-39(49)45-40/h4-8,12-23,38,43,47-48H,9-11,24-29H2,1-3H3,(H,44,50)(H,45,49). The summed E-state index contributed by atoms with van der Waals surface area (Å²) in [6.45, 7) is 6.78. The number of fused-ring (bicyclic) bond motifs is 1. The first-order valence-corrected chi connectivity index (χ1v) is 17.7. The van der Waals surface area contributed by atoms with Gasteiger partial charge in [-0.3, -0.25) is 10.1 Å². The van der Waals surface area contributed by atoms with Crippen LogP contribution < -0.4 is 16.2 Å². The lowest BCUT2D eigenvalue weighted by Gasteiger charge is -2.28. The fourth-order valence-corrected chi connectivity index (χ4v) is 6.19. The van der Waals surface area contributed by atoms with Gasteiger partial charge in [-0.2, -0.15) is 0 Å². The summed E-state index contributed by atoms with van der Waals surface area (Å²) in [7, 11) is 2.11. The number of nitrogens with zero attached hydrogens (tertiary/aromatic N) is 1. The van der Waals surface area contributed by atoms with E-state index in [0.29, 0.717) is 29.6 Å². The van der Waals surface area contributed by atoms with Crippen molar-refractivity contribution in [3.05, 3.63) is 130 Å². The number of carbonyl (C=O) groups is 1. The second-order valence-corrected chi connectivity index (χ2v) is 13.8. The number of aliphatic hydroxyl groups is 1. The Kier molecular flexibility index (Phi) is 13.0. The van der Waals surface area contributed by atoms with E-state index in [1.165, 1.54) is 23.3 Å². The highest BCUT2D eigenvalue weighted by Gasteiger charge is 2.24. The number of aromatic hydroxyl groups is 1. The topological polar surface area (TPSA) is 127 Å². The van der Waals surface area contributed by atoms with Crippen LogP contribution in [-0.4, -0.2) is 65.0 Å². The number of benzene rings is 4. The fourth-order valence-electron chi connectivity index (χ4n) is 6.19. The number of unbranched alkanes of at least 4 members (excludes halogenated alkanes) is 1. The molecule has 0 aliphatic rings. The molecular formula is C42H50N4O5. The molecule has 0 aliphatic heterocycles. The van der Waals surface area contributed by atoms with Gasteiger partial charge in [0.15, 0.2) is 0 Å². The van der Waals surface area contributed by atoms with Crippen LogP contribution in [0.15, 0.2) is 108 Å². The summed E-state index contributed by atoms with van der Waals surface area (Å²) in [5.41, 5.74) is 5.34. The number of pyridine rings is 1. The van der Waals surface area contributed by atoms with E-state index >= 15 is 0 Å². The number of aromatic amines is 1. The normalized spacial score (nSPS) is 12.3. The zero-order valence-corrected chi connectivity index (χ0v) is 29.8. The van der Waals surface area contributed by atoms with Crippen molar-refractivity contribution in [1.29, 1.82) is 0 Å². The fraction of sp³-hybridized carbons (Fsp3) is 0.333. The lowest BCUT2D eigenvalue weighted by Crippen LogP contribution is -2.35. The van der Waals surface area contributed by atoms with Crippen LogP contribution in [0.1, 0.15) is 55.9 Å². The molecule has 1 atom stereocenters. The van der Waals surface area contributed by atoms with Crippen molar-refractivity contribution < 1.29 is 19.7 Å². The molecule has 0 aliphatic carbocycles. The van der Waals surface area contributed by atoms with Crippen LogP contribution in [0.5, 0.6) is 5.75 Å². The molecule has 5 N–H and O–H groups in total. The Morgan fingerprint density at radius 3 is 2.33 bits per heavy atom. The lowest BCUT2D eigenvalue weighted by atomic mass is 10.0. The van der Waals surface area contributed by atoms with Crippen molar-refractivity contribution in [2.75, 3.05) is 38.5 Å². The highest BCUT2D eigenvalue weighted by Crippen LogP contribution is 2.29. The van der Waals surface area contributed by atoms with Gasteiger partial charge in [-0.1, -0.05) is 78.9 Å². The average molecular weight is 691 g/mol. The molecule has 0 bridgehead atoms. The summed E-state index contributed by atoms with van der Waals surface area (Å²) in [4.78, 5) is 29.4. The molecule has 0 saturated heterocycles. The molecule has 0 fully saturated rings. The van der Waals surface area contributed by atoms with Gasteiger partial charge in [0.2, 0.25) is 5.56 Å². The first kappa shape index (κ1) is 37.3. The summed E-state index contributed by atoms with van der Waals surface area (Å²) in [6.07, 6.45) is 3.52. The van der Waals surface area contributed by atoms with Gasteiger partial charge in [-0.05, 0) is 107 Å². The first-order chi connectivity index (χ1) is 24.6. The lowest BCUT2D eigenvalue weighted by molar-refractivity contribution is 0.0357. The third-order valence-electron chi connectivity index (χ3n) is 9.19. The Labute approximate surface area is 300 Å². The maximum Gasteiger partial charge on any atom is 0.412 e. The number of carbonyl (C=O) groups excluding carboxylic acids is 1. The van der Waals surface area contributed by atoms with Gasteiger partial charge in [0, 0.05) is 30.1 Å². The minimum atomic E-state index is -0.777. The quantitative estimate of drug-likeness (QED) is 0.0642. The van der Waals surface area contributed by atoms with Crippen LogP contribution in [0.2, 0.25) is 0 Å². The molecule has 1 aromatic heterocycles. The number of rotatable bonds is 17. The van der Waals surface area contributed by atoms with Gasteiger partial charge < -0.3 is 30.2 Å². The van der Waals surface area contributed by atoms with Crippen LogP contribution in [-0.2, 0) is 17.6 Å². The third-order valence-corrected chi connectivity index (χ3v) is 9.19. The van der Waals surface area contributed by atoms with E-state index in [0.717, 1.165) is 62.0 Å². The van der Waals surface area contributed by atoms with E-state index < -0.39 is 17.8 Å². The maximum absolute atomic E-state index is 12.8. The molecule has 4 aromatic carbocycles. The van der Waals surface area contributed by atoms with Crippen LogP contribution >= 0.6 is 0 Å². The molecule has 1 amide bonds. The maximum atomic E-state index is 12.8. The second kappa shape index (κ2) is 17.8. The van der Waals surface area contributed by atoms with Crippen LogP contribution in [0.4, 0.5) is 10.5 Å². The summed E-state index contributed by atoms with van der Waals surface area (Å²) >= 11 is 0. The molecule has 51 heavy (non-hydrogen) atoms. The zero-order valence-electron chi connectivity index (χ0n) is 29.8. The van der Waals surface area contributed by atoms with Crippen molar-refractivity contribution >= 4 is 22.7 Å². The van der Waals surface area contributed by atoms with E-state index in [9.17, 15) is 19.8 Å². The number of phenolic OH excluding ortho intramolecular Hbond substituents is 1. The van der Waals surface area contributed by atoms with Gasteiger partial charge in [-0.15, -0.1) is 0 Å². The van der Waals surface area contributed by atoms with E-state index in [2.05, 4.69) is 51.8 Å². The van der Waals surface area contributed by atoms with Crippen molar-refractivity contribution in [3.8, 4) is 16.9 Å². The van der Waals surface area contributed by atoms with Crippen molar-refractivity contribution in [1.82, 2.24) is 15.2 Å². The SMILES string of the molecule is CN(CCCCc1ccc(CCNCC(O)c2ccc(O)c3[nH]c(=O)ccc23)cc1)CCC(C)(C)OC(=O)Nc1ccccc1-c1ccccc1. The number of hydrogen-bond acceptors (Lipinski definition) is 7. The molecule has 268 valence electrons. The smallest absolute Gasteiger partial charge is 0.412 e. The zero-order chi connectivity index (χ0) is 36.2. The Morgan fingerprint density at radius 1 is 0.863 bits per heavy atom. The number of phenols is 1. The van der Waals surface area contributed by atoms with Crippen LogP contribution in [0.3, 0.4) is 0 Å². The number of H-pyrrole nitrogens is 1. The van der Waals surface area contributed by atoms with Gasteiger partial charge >= 0.3 is 6.09 Å². The molecular weight excluding hydrogens is 640 g/mol. The highest BCUT2D eigenvalue weighted by atomic mass is 16.6. The minimum absolute atomic E-state index is 0.0190. The minimum Gasteiger partial charge on any atom is -0.506 e. The largest absolute Gasteiger partial charge is 0.506 e. The molecule has 0 saturated carbocycles. The summed E-state index contributed by atoms with van der Waals surface area (Å²) < 4.78 is 5.85. The number of anilines is 1. The van der Waals surface area contributed by atoms with Crippen molar-refractivity contribution in [2.45, 2.75) is 57.7 Å². The van der Waals surface area contributed by atoms with E-state index in [-0.39, 0.29) is 11.3 Å². The number of aryl methyl sites for hydroxylation is 1.